The van der Waals surface area contributed by atoms with Crippen LogP contribution in [0.3, 0.4) is 0 Å². The number of likely N-dealkylation sites (N-methyl/N-ethyl adjacent to an activating group) is 1. The summed E-state index contributed by atoms with van der Waals surface area (Å²) in [5.41, 5.74) is 8.36. The predicted molar refractivity (Wildman–Crippen MR) is 77.1 cm³/mol. The fraction of sp³-hybridized carbons (Fsp3) is 0.600. The van der Waals surface area contributed by atoms with Gasteiger partial charge < -0.3 is 10.5 Å². The summed E-state index contributed by atoms with van der Waals surface area (Å²) in [7, 11) is 3.75. The van der Waals surface area contributed by atoms with Gasteiger partial charge in [0.1, 0.15) is 5.75 Å². The number of hydrogen-bond donors (Lipinski definition) is 1. The van der Waals surface area contributed by atoms with Crippen LogP contribution in [0.2, 0.25) is 0 Å². The summed E-state index contributed by atoms with van der Waals surface area (Å²) in [5, 5.41) is 0. The van der Waals surface area contributed by atoms with E-state index in [1.165, 1.54) is 11.1 Å². The Morgan fingerprint density at radius 1 is 1.28 bits per heavy atom. The van der Waals surface area contributed by atoms with Crippen molar-refractivity contribution < 1.29 is 4.74 Å². The van der Waals surface area contributed by atoms with E-state index in [0.29, 0.717) is 6.67 Å². The van der Waals surface area contributed by atoms with Crippen molar-refractivity contribution >= 4 is 0 Å². The Morgan fingerprint density at radius 3 is 2.44 bits per heavy atom. The average molecular weight is 250 g/mol. The highest BCUT2D eigenvalue weighted by Gasteiger charge is 2.15. The van der Waals surface area contributed by atoms with E-state index in [1.54, 1.807) is 7.11 Å². The first-order chi connectivity index (χ1) is 8.38. The molecule has 0 unspecified atom stereocenters. The maximum Gasteiger partial charge on any atom is 0.122 e. The number of ether oxygens (including phenoxy) is 1. The van der Waals surface area contributed by atoms with E-state index in [1.807, 2.05) is 7.05 Å². The zero-order valence-corrected chi connectivity index (χ0v) is 12.3. The van der Waals surface area contributed by atoms with Crippen LogP contribution >= 0.6 is 0 Å². The molecule has 0 amide bonds. The summed E-state index contributed by atoms with van der Waals surface area (Å²) in [4.78, 5) is 2.10. The molecule has 0 bridgehead atoms. The number of nitrogens with zero attached hydrogens (tertiary/aromatic N) is 1. The SMILES string of the molecule is COc1ccc(C(C)(C)C)cc1CCN(C)CN. The van der Waals surface area contributed by atoms with E-state index in [4.69, 9.17) is 10.5 Å². The Balaban J connectivity index is 2.92. The van der Waals surface area contributed by atoms with Gasteiger partial charge in [0.05, 0.1) is 7.11 Å². The van der Waals surface area contributed by atoms with Gasteiger partial charge in [-0.3, -0.25) is 4.90 Å². The lowest BCUT2D eigenvalue weighted by Gasteiger charge is -2.22. The minimum Gasteiger partial charge on any atom is -0.496 e. The van der Waals surface area contributed by atoms with Gasteiger partial charge in [0.2, 0.25) is 0 Å². The number of nitrogens with two attached hydrogens (primary N) is 1. The molecule has 0 heterocycles. The average Bonchev–Trinajstić information content (AvgIpc) is 2.34. The molecule has 0 aliphatic carbocycles. The third-order valence-electron chi connectivity index (χ3n) is 3.22. The van der Waals surface area contributed by atoms with Crippen molar-refractivity contribution in [3.63, 3.8) is 0 Å². The molecular formula is C15H26N2O. The highest BCUT2D eigenvalue weighted by atomic mass is 16.5. The van der Waals surface area contributed by atoms with E-state index in [9.17, 15) is 0 Å². The number of benzene rings is 1. The molecule has 0 aliphatic rings. The molecule has 0 aromatic heterocycles. The molecule has 2 N–H and O–H groups in total. The van der Waals surface area contributed by atoms with Gasteiger partial charge in [0.25, 0.3) is 0 Å². The summed E-state index contributed by atoms with van der Waals surface area (Å²) in [6.07, 6.45) is 0.959. The van der Waals surface area contributed by atoms with Gasteiger partial charge in [-0.15, -0.1) is 0 Å². The van der Waals surface area contributed by atoms with Crippen LogP contribution in [-0.4, -0.2) is 32.3 Å². The van der Waals surface area contributed by atoms with Crippen molar-refractivity contribution in [2.45, 2.75) is 32.6 Å². The number of rotatable bonds is 5. The van der Waals surface area contributed by atoms with E-state index in [2.05, 4.69) is 43.9 Å². The van der Waals surface area contributed by atoms with Crippen LogP contribution in [-0.2, 0) is 11.8 Å². The van der Waals surface area contributed by atoms with Crippen molar-refractivity contribution in [1.29, 1.82) is 0 Å². The molecule has 1 aromatic rings. The molecular weight excluding hydrogens is 224 g/mol. The monoisotopic (exact) mass is 250 g/mol. The molecule has 1 rings (SSSR count). The van der Waals surface area contributed by atoms with Gasteiger partial charge in [-0.1, -0.05) is 32.9 Å². The first-order valence-corrected chi connectivity index (χ1v) is 6.44. The molecule has 18 heavy (non-hydrogen) atoms. The molecule has 0 spiro atoms. The van der Waals surface area contributed by atoms with Crippen molar-refractivity contribution in [3.05, 3.63) is 29.3 Å². The lowest BCUT2D eigenvalue weighted by molar-refractivity contribution is 0.344. The molecule has 0 fully saturated rings. The second-order valence-electron chi connectivity index (χ2n) is 5.79. The lowest BCUT2D eigenvalue weighted by atomic mass is 9.85. The lowest BCUT2D eigenvalue weighted by Crippen LogP contribution is -2.27. The second-order valence-corrected chi connectivity index (χ2v) is 5.79. The largest absolute Gasteiger partial charge is 0.496 e. The Labute approximate surface area is 111 Å². The normalized spacial score (nSPS) is 11.9. The molecule has 0 saturated heterocycles. The van der Waals surface area contributed by atoms with Gasteiger partial charge in [-0.25, -0.2) is 0 Å². The maximum atomic E-state index is 5.60. The van der Waals surface area contributed by atoms with E-state index < -0.39 is 0 Å². The molecule has 0 radical (unpaired) electrons. The van der Waals surface area contributed by atoms with Crippen LogP contribution in [0.4, 0.5) is 0 Å². The van der Waals surface area contributed by atoms with E-state index >= 15 is 0 Å². The van der Waals surface area contributed by atoms with Crippen LogP contribution in [0.5, 0.6) is 5.75 Å². The summed E-state index contributed by atoms with van der Waals surface area (Å²) in [5.74, 6) is 0.966. The maximum absolute atomic E-state index is 5.60. The third kappa shape index (κ3) is 4.00. The van der Waals surface area contributed by atoms with Crippen LogP contribution < -0.4 is 10.5 Å². The van der Waals surface area contributed by atoms with Crippen LogP contribution in [0.1, 0.15) is 31.9 Å². The highest BCUT2D eigenvalue weighted by Crippen LogP contribution is 2.28. The third-order valence-corrected chi connectivity index (χ3v) is 3.22. The van der Waals surface area contributed by atoms with Gasteiger partial charge in [-0.05, 0) is 36.1 Å². The predicted octanol–water partition coefficient (Wildman–Crippen LogP) is 2.38. The highest BCUT2D eigenvalue weighted by molar-refractivity contribution is 5.39. The fourth-order valence-corrected chi connectivity index (χ4v) is 1.84. The summed E-state index contributed by atoms with van der Waals surface area (Å²) in [6, 6.07) is 6.47. The Kier molecular flexibility index (Phi) is 5.17. The van der Waals surface area contributed by atoms with Gasteiger partial charge in [0.15, 0.2) is 0 Å². The number of hydrogen-bond acceptors (Lipinski definition) is 3. The molecule has 0 saturated carbocycles. The number of methoxy groups -OCH3 is 1. The van der Waals surface area contributed by atoms with E-state index in [-0.39, 0.29) is 5.41 Å². The van der Waals surface area contributed by atoms with Crippen LogP contribution in [0.25, 0.3) is 0 Å². The topological polar surface area (TPSA) is 38.5 Å². The van der Waals surface area contributed by atoms with Crippen LogP contribution in [0, 0.1) is 0 Å². The van der Waals surface area contributed by atoms with Crippen molar-refractivity contribution in [2.75, 3.05) is 27.4 Å². The molecule has 0 atom stereocenters. The van der Waals surface area contributed by atoms with Gasteiger partial charge >= 0.3 is 0 Å². The zero-order chi connectivity index (χ0) is 13.8. The first kappa shape index (κ1) is 15.0. The minimum atomic E-state index is 0.167. The summed E-state index contributed by atoms with van der Waals surface area (Å²) in [6.45, 7) is 8.21. The molecule has 102 valence electrons. The van der Waals surface area contributed by atoms with Gasteiger partial charge in [-0.2, -0.15) is 0 Å². The molecule has 1 aromatic carbocycles. The summed E-state index contributed by atoms with van der Waals surface area (Å²) >= 11 is 0. The van der Waals surface area contributed by atoms with Crippen molar-refractivity contribution in [1.82, 2.24) is 4.90 Å². The minimum absolute atomic E-state index is 0.167. The smallest absolute Gasteiger partial charge is 0.122 e. The van der Waals surface area contributed by atoms with Crippen molar-refractivity contribution in [3.8, 4) is 5.75 Å². The Bertz CT molecular complexity index is 383. The molecule has 3 nitrogen and oxygen atoms in total. The quantitative estimate of drug-likeness (QED) is 0.815. The molecule has 3 heteroatoms. The van der Waals surface area contributed by atoms with Crippen molar-refractivity contribution in [2.24, 2.45) is 5.73 Å². The van der Waals surface area contributed by atoms with E-state index in [0.717, 1.165) is 18.7 Å². The first-order valence-electron chi connectivity index (χ1n) is 6.44. The van der Waals surface area contributed by atoms with Gasteiger partial charge in [0, 0.05) is 13.2 Å². The fourth-order valence-electron chi connectivity index (χ4n) is 1.84. The zero-order valence-electron chi connectivity index (χ0n) is 12.3. The second kappa shape index (κ2) is 6.21. The molecule has 0 aliphatic heterocycles. The van der Waals surface area contributed by atoms with Crippen LogP contribution in [0.15, 0.2) is 18.2 Å². The Hall–Kier alpha value is -1.06. The Morgan fingerprint density at radius 2 is 1.94 bits per heavy atom. The summed E-state index contributed by atoms with van der Waals surface area (Å²) < 4.78 is 5.43. The standard InChI is InChI=1S/C15H26N2O/c1-15(2,3)13-6-7-14(18-5)12(10-13)8-9-17(4)11-16/h6-7,10H,8-9,11,16H2,1-5H3.